The van der Waals surface area contributed by atoms with Gasteiger partial charge in [-0.05, 0) is 43.2 Å². The molecule has 2 unspecified atom stereocenters. The van der Waals surface area contributed by atoms with Crippen LogP contribution in [0.3, 0.4) is 0 Å². The summed E-state index contributed by atoms with van der Waals surface area (Å²) >= 11 is 0. The number of anilines is 1. The quantitative estimate of drug-likeness (QED) is 0.403. The van der Waals surface area contributed by atoms with Crippen LogP contribution in [0.15, 0.2) is 42.6 Å². The van der Waals surface area contributed by atoms with E-state index in [1.807, 2.05) is 6.07 Å². The fraction of sp³-hybridized carbons (Fsp3) is 0.409. The minimum absolute atomic E-state index is 0.107. The number of rotatable bonds is 6. The first kappa shape index (κ1) is 24.1. The summed E-state index contributed by atoms with van der Waals surface area (Å²) in [5, 5.41) is 7.72. The lowest BCUT2D eigenvalue weighted by Gasteiger charge is -2.40. The summed E-state index contributed by atoms with van der Waals surface area (Å²) in [5.74, 6) is 1.21. The van der Waals surface area contributed by atoms with E-state index in [2.05, 4.69) is 33.2 Å². The standard InChI is InChI=1S/C22H26F3N8P/c1-34(2)17-5-14(15(7-26)8-27)11-32(13-17)19-3-4-28-21(31-19)18-9-30-20-10-29-16(12-33(18)20)6-22(23,24)25/h3-4,7-10,12,14,17,26H,5-6,11,13,27H2,1-2H3/b15-8+,26-7?. The van der Waals surface area contributed by atoms with E-state index in [0.717, 1.165) is 24.4 Å². The first-order chi connectivity index (χ1) is 16.2. The summed E-state index contributed by atoms with van der Waals surface area (Å²) < 4.78 is 40.1. The van der Waals surface area contributed by atoms with Gasteiger partial charge in [0.15, 0.2) is 11.5 Å². The van der Waals surface area contributed by atoms with E-state index in [1.54, 1.807) is 6.20 Å². The molecular formula is C22H26F3N8P. The molecule has 3 aromatic rings. The van der Waals surface area contributed by atoms with Crippen LogP contribution in [-0.2, 0) is 6.42 Å². The van der Waals surface area contributed by atoms with Gasteiger partial charge in [0.05, 0.1) is 24.5 Å². The number of hydrogen-bond donors (Lipinski definition) is 2. The Morgan fingerprint density at radius 1 is 1.24 bits per heavy atom. The fourth-order valence-corrected chi connectivity index (χ4v) is 5.42. The van der Waals surface area contributed by atoms with Crippen LogP contribution in [0.4, 0.5) is 19.0 Å². The number of nitrogens with zero attached hydrogens (tertiary/aromatic N) is 6. The Kier molecular flexibility index (Phi) is 6.84. The molecule has 3 N–H and O–H groups in total. The summed E-state index contributed by atoms with van der Waals surface area (Å²) in [6.07, 6.45) is 4.13. The first-order valence-corrected chi connectivity index (χ1v) is 13.0. The van der Waals surface area contributed by atoms with Gasteiger partial charge in [-0.25, -0.2) is 15.0 Å². The molecule has 0 saturated carbocycles. The van der Waals surface area contributed by atoms with Crippen LogP contribution in [0.2, 0.25) is 0 Å². The average molecular weight is 490 g/mol. The molecule has 180 valence electrons. The van der Waals surface area contributed by atoms with Crippen molar-refractivity contribution >= 4 is 25.6 Å². The molecule has 1 aliphatic rings. The molecule has 1 fully saturated rings. The summed E-state index contributed by atoms with van der Waals surface area (Å²) in [6.45, 7) is 5.98. The van der Waals surface area contributed by atoms with Gasteiger partial charge < -0.3 is 16.0 Å². The van der Waals surface area contributed by atoms with Gasteiger partial charge in [-0.1, -0.05) is 0 Å². The molecule has 3 aromatic heterocycles. The molecule has 12 heteroatoms. The zero-order valence-electron chi connectivity index (χ0n) is 18.9. The molecule has 4 rings (SSSR count). The molecule has 0 bridgehead atoms. The highest BCUT2D eigenvalue weighted by Crippen LogP contribution is 2.41. The van der Waals surface area contributed by atoms with Crippen LogP contribution in [0.5, 0.6) is 0 Å². The van der Waals surface area contributed by atoms with Gasteiger partial charge in [0, 0.05) is 37.6 Å². The van der Waals surface area contributed by atoms with Crippen molar-refractivity contribution < 1.29 is 13.2 Å². The van der Waals surface area contributed by atoms with Crippen molar-refractivity contribution in [3.8, 4) is 11.5 Å². The van der Waals surface area contributed by atoms with E-state index in [4.69, 9.17) is 16.1 Å². The third-order valence-corrected chi connectivity index (χ3v) is 7.85. The Hall–Kier alpha value is -3.07. The monoisotopic (exact) mass is 490 g/mol. The Morgan fingerprint density at radius 3 is 2.71 bits per heavy atom. The summed E-state index contributed by atoms with van der Waals surface area (Å²) in [6, 6.07) is 1.83. The maximum atomic E-state index is 12.9. The second kappa shape index (κ2) is 9.66. The number of hydrogen-bond acceptors (Lipinski definition) is 7. The largest absolute Gasteiger partial charge is 0.404 e. The minimum Gasteiger partial charge on any atom is -0.404 e. The second-order valence-electron chi connectivity index (χ2n) is 8.55. The molecule has 1 aliphatic heterocycles. The van der Waals surface area contributed by atoms with Crippen molar-refractivity contribution in [3.05, 3.63) is 48.3 Å². The number of alkyl halides is 3. The molecular weight excluding hydrogens is 464 g/mol. The highest BCUT2D eigenvalue weighted by atomic mass is 31.1. The molecule has 34 heavy (non-hydrogen) atoms. The summed E-state index contributed by atoms with van der Waals surface area (Å²) in [7, 11) is -0.221. The van der Waals surface area contributed by atoms with E-state index < -0.39 is 12.6 Å². The lowest BCUT2D eigenvalue weighted by atomic mass is 9.91. The molecule has 8 nitrogen and oxygen atoms in total. The van der Waals surface area contributed by atoms with Gasteiger partial charge in [0.1, 0.15) is 11.5 Å². The van der Waals surface area contributed by atoms with Crippen molar-refractivity contribution in [3.63, 3.8) is 0 Å². The number of nitrogens with two attached hydrogens (primary N) is 1. The lowest BCUT2D eigenvalue weighted by Crippen LogP contribution is -2.43. The highest BCUT2D eigenvalue weighted by molar-refractivity contribution is 7.56. The first-order valence-electron chi connectivity index (χ1n) is 10.7. The molecule has 0 radical (unpaired) electrons. The number of fused-ring (bicyclic) bond motifs is 1. The van der Waals surface area contributed by atoms with E-state index in [9.17, 15) is 13.2 Å². The van der Waals surface area contributed by atoms with E-state index in [0.29, 0.717) is 29.4 Å². The smallest absolute Gasteiger partial charge is 0.394 e. The maximum Gasteiger partial charge on any atom is 0.394 e. The predicted molar refractivity (Wildman–Crippen MR) is 128 cm³/mol. The number of halogens is 3. The maximum absolute atomic E-state index is 12.9. The molecule has 0 aliphatic carbocycles. The van der Waals surface area contributed by atoms with Crippen molar-refractivity contribution in [2.24, 2.45) is 11.7 Å². The normalized spacial score (nSPS) is 19.7. The van der Waals surface area contributed by atoms with Gasteiger partial charge in [-0.3, -0.25) is 9.38 Å². The van der Waals surface area contributed by atoms with Crippen LogP contribution < -0.4 is 10.6 Å². The van der Waals surface area contributed by atoms with Crippen molar-refractivity contribution in [2.75, 3.05) is 31.3 Å². The van der Waals surface area contributed by atoms with Crippen LogP contribution in [0.1, 0.15) is 12.1 Å². The molecule has 1 saturated heterocycles. The van der Waals surface area contributed by atoms with E-state index >= 15 is 0 Å². The highest BCUT2D eigenvalue weighted by Gasteiger charge is 2.32. The van der Waals surface area contributed by atoms with Gasteiger partial charge in [0.25, 0.3) is 0 Å². The second-order valence-corrected chi connectivity index (χ2v) is 11.2. The number of nitrogens with one attached hydrogen (secondary N) is 1. The third-order valence-electron chi connectivity index (χ3n) is 6.01. The van der Waals surface area contributed by atoms with Gasteiger partial charge >= 0.3 is 6.18 Å². The van der Waals surface area contributed by atoms with Crippen molar-refractivity contribution in [2.45, 2.75) is 24.7 Å². The van der Waals surface area contributed by atoms with Crippen LogP contribution in [-0.4, -0.2) is 68.8 Å². The molecule has 0 aromatic carbocycles. The number of aromatic nitrogens is 5. The Balaban J connectivity index is 1.68. The number of imidazole rings is 1. The molecule has 0 spiro atoms. The van der Waals surface area contributed by atoms with Crippen molar-refractivity contribution in [1.82, 2.24) is 24.3 Å². The van der Waals surface area contributed by atoms with E-state index in [1.165, 1.54) is 35.4 Å². The van der Waals surface area contributed by atoms with Crippen molar-refractivity contribution in [1.29, 1.82) is 5.41 Å². The molecule has 2 atom stereocenters. The van der Waals surface area contributed by atoms with E-state index in [-0.39, 0.29) is 19.5 Å². The van der Waals surface area contributed by atoms with Crippen LogP contribution in [0, 0.1) is 11.3 Å². The Morgan fingerprint density at radius 2 is 2.03 bits per heavy atom. The minimum atomic E-state index is -4.36. The third kappa shape index (κ3) is 5.19. The van der Waals surface area contributed by atoms with Crippen LogP contribution in [0.25, 0.3) is 17.2 Å². The Labute approximate surface area is 196 Å². The zero-order valence-corrected chi connectivity index (χ0v) is 19.8. The molecule has 0 amide bonds. The van der Waals surface area contributed by atoms with Gasteiger partial charge in [-0.2, -0.15) is 13.2 Å². The number of piperidine rings is 1. The molecule has 4 heterocycles. The predicted octanol–water partition coefficient (Wildman–Crippen LogP) is 3.72. The summed E-state index contributed by atoms with van der Waals surface area (Å²) in [4.78, 5) is 19.4. The van der Waals surface area contributed by atoms with Gasteiger partial charge in [0.2, 0.25) is 0 Å². The lowest BCUT2D eigenvalue weighted by molar-refractivity contribution is -0.127. The van der Waals surface area contributed by atoms with Crippen LogP contribution >= 0.6 is 7.92 Å². The zero-order chi connectivity index (χ0) is 24.5. The van der Waals surface area contributed by atoms with Gasteiger partial charge in [-0.15, -0.1) is 7.92 Å². The average Bonchev–Trinajstić information content (AvgIpc) is 3.22. The Bertz CT molecular complexity index is 1210. The summed E-state index contributed by atoms with van der Waals surface area (Å²) in [5.41, 5.74) is 7.82. The topological polar surface area (TPSA) is 109 Å². The fourth-order valence-electron chi connectivity index (χ4n) is 4.22. The SMILES string of the molecule is CP(C)C1CC(/C(C=N)=C/N)CN(c2ccnc(-c3cnc4cnc(CC(F)(F)F)cn34)n2)C1.